The lowest BCUT2D eigenvalue weighted by Gasteiger charge is -2.33. The van der Waals surface area contributed by atoms with Crippen LogP contribution >= 0.6 is 0 Å². The molecule has 1 saturated heterocycles. The van der Waals surface area contributed by atoms with Crippen molar-refractivity contribution in [2.75, 3.05) is 33.9 Å². The number of carbonyl (C=O) groups is 2. The summed E-state index contributed by atoms with van der Waals surface area (Å²) in [7, 11) is 3.22. The summed E-state index contributed by atoms with van der Waals surface area (Å²) in [5.41, 5.74) is 3.11. The van der Waals surface area contributed by atoms with E-state index in [1.807, 2.05) is 24.3 Å². The number of Topliss-reactive ketones (excluding diaryl/α,β-unsaturated/α-hetero) is 1. The largest absolute Gasteiger partial charge is 0.494 e. The van der Waals surface area contributed by atoms with Gasteiger partial charge in [-0.1, -0.05) is 12.1 Å². The predicted molar refractivity (Wildman–Crippen MR) is 132 cm³/mol. The minimum absolute atomic E-state index is 0.0569. The molecule has 4 rings (SSSR count). The minimum atomic E-state index is -0.797. The van der Waals surface area contributed by atoms with Crippen LogP contribution in [0.4, 0.5) is 0 Å². The van der Waals surface area contributed by atoms with E-state index >= 15 is 0 Å². The molecule has 2 aromatic carbocycles. The maximum Gasteiger partial charge on any atom is 0.303 e. The fourth-order valence-corrected chi connectivity index (χ4v) is 5.23. The molecule has 0 radical (unpaired) electrons. The van der Waals surface area contributed by atoms with Crippen LogP contribution in [-0.2, 0) is 17.8 Å². The highest BCUT2D eigenvalue weighted by Gasteiger charge is 2.34. The van der Waals surface area contributed by atoms with Gasteiger partial charge in [-0.2, -0.15) is 0 Å². The average molecular weight is 482 g/mol. The van der Waals surface area contributed by atoms with Gasteiger partial charge in [0.2, 0.25) is 0 Å². The Labute approximate surface area is 207 Å². The number of piperidine rings is 1. The topological polar surface area (TPSA) is 85.3 Å². The van der Waals surface area contributed by atoms with Crippen LogP contribution in [0, 0.1) is 11.8 Å². The molecule has 7 heteroatoms. The number of ketones is 1. The normalized spacial score (nSPS) is 18.3. The van der Waals surface area contributed by atoms with Crippen molar-refractivity contribution in [1.29, 1.82) is 0 Å². The molecule has 2 aliphatic rings. The number of fused-ring (bicyclic) bond motifs is 1. The summed E-state index contributed by atoms with van der Waals surface area (Å²) < 4.78 is 16.4. The lowest BCUT2D eigenvalue weighted by molar-refractivity contribution is -0.137. The number of hydrogen-bond acceptors (Lipinski definition) is 6. The summed E-state index contributed by atoms with van der Waals surface area (Å²) in [5, 5.41) is 8.69. The van der Waals surface area contributed by atoms with Crippen LogP contribution in [0.15, 0.2) is 36.4 Å². The number of hydrogen-bond donors (Lipinski definition) is 1. The maximum absolute atomic E-state index is 13.0. The summed E-state index contributed by atoms with van der Waals surface area (Å²) in [4.78, 5) is 26.1. The van der Waals surface area contributed by atoms with E-state index in [0.29, 0.717) is 30.4 Å². The van der Waals surface area contributed by atoms with Gasteiger partial charge in [0.05, 0.1) is 20.8 Å². The monoisotopic (exact) mass is 481 g/mol. The number of methoxy groups -OCH3 is 2. The van der Waals surface area contributed by atoms with E-state index in [1.54, 1.807) is 14.2 Å². The quantitative estimate of drug-likeness (QED) is 0.469. The van der Waals surface area contributed by atoms with Crippen LogP contribution in [0.25, 0.3) is 0 Å². The highest BCUT2D eigenvalue weighted by molar-refractivity contribution is 6.02. The number of likely N-dealkylation sites (tertiary alicyclic amines) is 1. The zero-order valence-electron chi connectivity index (χ0n) is 20.6. The van der Waals surface area contributed by atoms with Crippen LogP contribution < -0.4 is 14.2 Å². The van der Waals surface area contributed by atoms with Crippen LogP contribution in [-0.4, -0.2) is 55.7 Å². The average Bonchev–Trinajstić information content (AvgIpc) is 3.17. The molecule has 1 unspecified atom stereocenters. The molecule has 1 aliphatic heterocycles. The van der Waals surface area contributed by atoms with E-state index in [9.17, 15) is 9.59 Å². The fourth-order valence-electron chi connectivity index (χ4n) is 5.23. The van der Waals surface area contributed by atoms with Crippen molar-refractivity contribution < 1.29 is 28.9 Å². The van der Waals surface area contributed by atoms with Crippen molar-refractivity contribution in [3.05, 3.63) is 53.1 Å². The van der Waals surface area contributed by atoms with Crippen molar-refractivity contribution in [3.63, 3.8) is 0 Å². The highest BCUT2D eigenvalue weighted by Crippen LogP contribution is 2.39. The standard InChI is InChI=1S/C28H35NO6/c1-33-25-16-21-15-22(28(32)24(21)17-26(25)34-2)14-19-9-11-29(12-10-19)18-20-5-7-23(8-6-20)35-13-3-4-27(30)31/h5-8,16-17,19,22H,3-4,9-15,18H2,1-2H3,(H,30,31). The van der Waals surface area contributed by atoms with Crippen molar-refractivity contribution in [2.45, 2.75) is 45.1 Å². The van der Waals surface area contributed by atoms with E-state index in [4.69, 9.17) is 19.3 Å². The lowest BCUT2D eigenvalue weighted by Crippen LogP contribution is -2.34. The van der Waals surface area contributed by atoms with Gasteiger partial charge in [0.1, 0.15) is 5.75 Å². The highest BCUT2D eigenvalue weighted by atomic mass is 16.5. The van der Waals surface area contributed by atoms with Crippen LogP contribution in [0.1, 0.15) is 53.6 Å². The van der Waals surface area contributed by atoms with Crippen LogP contribution in [0.5, 0.6) is 17.2 Å². The Morgan fingerprint density at radius 2 is 1.74 bits per heavy atom. The second-order valence-corrected chi connectivity index (χ2v) is 9.57. The smallest absolute Gasteiger partial charge is 0.303 e. The van der Waals surface area contributed by atoms with Gasteiger partial charge in [-0.05, 0) is 86.5 Å². The zero-order chi connectivity index (χ0) is 24.8. The molecule has 0 spiro atoms. The molecule has 2 aromatic rings. The molecule has 0 amide bonds. The van der Waals surface area contributed by atoms with E-state index in [0.717, 1.165) is 62.2 Å². The van der Waals surface area contributed by atoms with Crippen LogP contribution in [0.3, 0.4) is 0 Å². The number of carbonyl (C=O) groups excluding carboxylic acids is 1. The number of carboxylic acid groups (broad SMARTS) is 1. The molecular formula is C28H35NO6. The van der Waals surface area contributed by atoms with Gasteiger partial charge in [0.15, 0.2) is 17.3 Å². The molecule has 188 valence electrons. The number of ether oxygens (including phenoxy) is 3. The third-order valence-electron chi connectivity index (χ3n) is 7.17. The maximum atomic E-state index is 13.0. The Balaban J connectivity index is 1.22. The van der Waals surface area contributed by atoms with Crippen molar-refractivity contribution in [3.8, 4) is 17.2 Å². The molecule has 35 heavy (non-hydrogen) atoms. The summed E-state index contributed by atoms with van der Waals surface area (Å²) in [6, 6.07) is 11.9. The number of benzene rings is 2. The predicted octanol–water partition coefficient (Wildman–Crippen LogP) is 4.60. The molecule has 0 saturated carbocycles. The minimum Gasteiger partial charge on any atom is -0.494 e. The number of aliphatic carboxylic acids is 1. The second kappa shape index (κ2) is 11.6. The molecule has 0 bridgehead atoms. The Morgan fingerprint density at radius 3 is 2.40 bits per heavy atom. The third kappa shape index (κ3) is 6.34. The fraction of sp³-hybridized carbons (Fsp3) is 0.500. The van der Waals surface area contributed by atoms with E-state index in [2.05, 4.69) is 17.0 Å². The molecule has 1 aliphatic carbocycles. The molecule has 1 fully saturated rings. The number of rotatable bonds is 11. The van der Waals surface area contributed by atoms with E-state index < -0.39 is 5.97 Å². The van der Waals surface area contributed by atoms with Gasteiger partial charge in [0, 0.05) is 24.4 Å². The van der Waals surface area contributed by atoms with Gasteiger partial charge in [-0.3, -0.25) is 14.5 Å². The van der Waals surface area contributed by atoms with Gasteiger partial charge < -0.3 is 19.3 Å². The van der Waals surface area contributed by atoms with E-state index in [1.165, 1.54) is 5.56 Å². The van der Waals surface area contributed by atoms with Gasteiger partial charge >= 0.3 is 5.97 Å². The van der Waals surface area contributed by atoms with Crippen molar-refractivity contribution >= 4 is 11.8 Å². The summed E-state index contributed by atoms with van der Waals surface area (Å²) in [5.74, 6) is 2.15. The first-order valence-corrected chi connectivity index (χ1v) is 12.4. The second-order valence-electron chi connectivity index (χ2n) is 9.57. The molecule has 1 N–H and O–H groups in total. The summed E-state index contributed by atoms with van der Waals surface area (Å²) in [6.07, 6.45) is 4.58. The SMILES string of the molecule is COc1cc2c(cc1OC)C(=O)C(CC1CCN(Cc3ccc(OCCCC(=O)O)cc3)CC1)C2. The third-order valence-corrected chi connectivity index (χ3v) is 7.17. The summed E-state index contributed by atoms with van der Waals surface area (Å²) >= 11 is 0. The van der Waals surface area contributed by atoms with Crippen LogP contribution in [0.2, 0.25) is 0 Å². The lowest BCUT2D eigenvalue weighted by atomic mass is 9.85. The molecular weight excluding hydrogens is 446 g/mol. The molecule has 1 heterocycles. The van der Waals surface area contributed by atoms with Gasteiger partial charge in [0.25, 0.3) is 0 Å². The molecule has 1 atom stereocenters. The first kappa shape index (κ1) is 25.0. The summed E-state index contributed by atoms with van der Waals surface area (Å²) in [6.45, 7) is 3.38. The van der Waals surface area contributed by atoms with E-state index in [-0.39, 0.29) is 18.1 Å². The first-order valence-electron chi connectivity index (χ1n) is 12.4. The number of nitrogens with zero attached hydrogens (tertiary/aromatic N) is 1. The zero-order valence-corrected chi connectivity index (χ0v) is 20.6. The number of carboxylic acids is 1. The Morgan fingerprint density at radius 1 is 1.06 bits per heavy atom. The Bertz CT molecular complexity index is 1030. The molecule has 0 aromatic heterocycles. The Kier molecular flexibility index (Phi) is 8.29. The van der Waals surface area contributed by atoms with Gasteiger partial charge in [-0.15, -0.1) is 0 Å². The Hall–Kier alpha value is -3.06. The van der Waals surface area contributed by atoms with Crippen molar-refractivity contribution in [2.24, 2.45) is 11.8 Å². The first-order chi connectivity index (χ1) is 17.0. The van der Waals surface area contributed by atoms with Crippen molar-refractivity contribution in [1.82, 2.24) is 4.90 Å². The van der Waals surface area contributed by atoms with Gasteiger partial charge in [-0.25, -0.2) is 0 Å². The molecule has 7 nitrogen and oxygen atoms in total.